The predicted molar refractivity (Wildman–Crippen MR) is 300 cm³/mol. The number of hydrogen-bond acceptors (Lipinski definition) is 10. The number of rotatable bonds is 18. The lowest BCUT2D eigenvalue weighted by molar-refractivity contribution is -0.285. The zero-order chi connectivity index (χ0) is 62.0. The number of hydrogen-bond donors (Lipinski definition) is 8. The summed E-state index contributed by atoms with van der Waals surface area (Å²) >= 11 is 0. The third kappa shape index (κ3) is 13.5. The number of alkyl halides is 6. The Morgan fingerprint density at radius 1 is 0.560 bits per heavy atom. The first-order valence-corrected chi connectivity index (χ1v) is 28.4. The van der Waals surface area contributed by atoms with Gasteiger partial charge in [-0.3, -0.25) is 38.4 Å². The number of likely N-dealkylation sites (tertiary alicyclic amines) is 1. The molecular formula is C60H78F6N10O8. The summed E-state index contributed by atoms with van der Waals surface area (Å²) in [5.41, 5.74) is 1.65. The largest absolute Gasteiger partial charge is 0.393 e. The molecule has 3 aromatic rings. The van der Waals surface area contributed by atoms with Crippen LogP contribution in [0.5, 0.6) is 0 Å². The summed E-state index contributed by atoms with van der Waals surface area (Å²) in [6.07, 6.45) is 3.23. The molecule has 24 heteroatoms. The van der Waals surface area contributed by atoms with Gasteiger partial charge in [0.15, 0.2) is 0 Å². The van der Waals surface area contributed by atoms with Crippen LogP contribution in [0.15, 0.2) is 66.7 Å². The van der Waals surface area contributed by atoms with E-state index in [9.17, 15) is 38.4 Å². The molecule has 4 aliphatic rings. The average molecular weight is 1180 g/mol. The maximum absolute atomic E-state index is 16.0. The van der Waals surface area contributed by atoms with Crippen LogP contribution in [-0.4, -0.2) is 138 Å². The highest BCUT2D eigenvalue weighted by Gasteiger charge is 2.78. The van der Waals surface area contributed by atoms with Crippen LogP contribution in [-0.2, 0) is 64.2 Å². The molecule has 458 valence electrons. The Kier molecular flexibility index (Phi) is 19.4. The van der Waals surface area contributed by atoms with E-state index >= 15 is 26.3 Å². The fourth-order valence-corrected chi connectivity index (χ4v) is 11.3. The monoisotopic (exact) mass is 1180 g/mol. The number of amides is 8. The number of fused-ring (bicyclic) bond motifs is 3. The number of nitrogens with zero attached hydrogens (tertiary/aromatic N) is 2. The number of halogens is 6. The molecule has 2 aliphatic carbocycles. The van der Waals surface area contributed by atoms with Crippen molar-refractivity contribution in [2.45, 2.75) is 185 Å². The van der Waals surface area contributed by atoms with Gasteiger partial charge in [0.25, 0.3) is 5.91 Å². The molecule has 0 radical (unpaired) electrons. The van der Waals surface area contributed by atoms with Gasteiger partial charge >= 0.3 is 23.7 Å². The van der Waals surface area contributed by atoms with E-state index in [-0.39, 0.29) is 12.0 Å². The maximum atomic E-state index is 16.0. The number of aryl methyl sites for hydroxylation is 2. The first kappa shape index (κ1) is 64.5. The number of anilines is 1. The Morgan fingerprint density at radius 2 is 1.02 bits per heavy atom. The molecule has 2 heterocycles. The Balaban J connectivity index is 1.11. The highest BCUT2D eigenvalue weighted by atomic mass is 19.3. The summed E-state index contributed by atoms with van der Waals surface area (Å²) in [6, 6.07) is 8.75. The van der Waals surface area contributed by atoms with Crippen molar-refractivity contribution in [1.29, 1.82) is 0 Å². The first-order valence-electron chi connectivity index (χ1n) is 28.4. The van der Waals surface area contributed by atoms with Crippen molar-refractivity contribution in [3.8, 4) is 0 Å². The fourth-order valence-electron chi connectivity index (χ4n) is 11.3. The van der Waals surface area contributed by atoms with E-state index in [0.717, 1.165) is 58.5 Å². The number of carbonyl (C=O) groups is 8. The highest BCUT2D eigenvalue weighted by Crippen LogP contribution is 2.47. The topological polar surface area (TPSA) is 239 Å². The third-order valence-electron chi connectivity index (χ3n) is 16.6. The van der Waals surface area contributed by atoms with Crippen LogP contribution < -0.4 is 42.5 Å². The number of nitrogens with one attached hydrogen (secondary N) is 8. The van der Waals surface area contributed by atoms with Crippen LogP contribution >= 0.6 is 0 Å². The van der Waals surface area contributed by atoms with Crippen LogP contribution in [0.25, 0.3) is 0 Å². The average Bonchev–Trinajstić information content (AvgIpc) is 1.20. The molecule has 0 saturated carbocycles. The van der Waals surface area contributed by atoms with Gasteiger partial charge < -0.3 is 52.3 Å². The summed E-state index contributed by atoms with van der Waals surface area (Å²) in [5.74, 6) is -29.2. The molecule has 8 N–H and O–H groups in total. The second-order valence-electron chi connectivity index (χ2n) is 24.7. The van der Waals surface area contributed by atoms with Crippen molar-refractivity contribution in [1.82, 2.24) is 47.0 Å². The molecule has 18 nitrogen and oxygen atoms in total. The first-order chi connectivity index (χ1) is 39.2. The van der Waals surface area contributed by atoms with Gasteiger partial charge in [0, 0.05) is 31.2 Å². The molecule has 1 saturated heterocycles. The lowest BCUT2D eigenvalue weighted by Crippen LogP contribution is -2.65. The van der Waals surface area contributed by atoms with Crippen LogP contribution in [0.3, 0.4) is 0 Å². The van der Waals surface area contributed by atoms with E-state index in [1.54, 1.807) is 72.2 Å². The van der Waals surface area contributed by atoms with Crippen molar-refractivity contribution in [3.63, 3.8) is 0 Å². The quantitative estimate of drug-likeness (QED) is 0.0741. The molecule has 1 fully saturated rings. The third-order valence-corrected chi connectivity index (χ3v) is 16.6. The summed E-state index contributed by atoms with van der Waals surface area (Å²) in [6.45, 7) is 11.8. The standard InChI is InChI=1S/C60H78F6N10O8/c1-32(67-9)48(77)73-46(56(3,4)5)52(81)75-30-37-27-38(26-25-36(37)28-44(75)50(79)71-42-23-15-19-34-17-11-13-21-40(34)42)69-54(83)58(61,62)60(65,66)59(63,64)55(84)70-39-29-45(51(80)72-43-24-16-20-35-18-12-14-22-41(35)43)76(31-39)53(82)47(57(6,7)8)74-49(78)33(2)68-10/h11-14,17-18,21-22,25-27,32-33,39,42-47,67-68H,15-16,19-20,23-24,28-31H2,1-10H3,(H,69,83)(H,70,84)(H,71,79)(H,72,80)(H,73,77)(H,74,78)/t32-,33-,39?,42+,43?,44-,45-,46?,47+/m0/s1. The second kappa shape index (κ2) is 25.2. The predicted octanol–water partition coefficient (Wildman–Crippen LogP) is 5.54. The molecule has 9 atom stereocenters. The van der Waals surface area contributed by atoms with Gasteiger partial charge in [-0.05, 0) is 129 Å². The van der Waals surface area contributed by atoms with Crippen molar-refractivity contribution >= 4 is 52.9 Å². The van der Waals surface area contributed by atoms with Gasteiger partial charge in [-0.2, -0.15) is 26.3 Å². The van der Waals surface area contributed by atoms with E-state index in [0.29, 0.717) is 24.8 Å². The van der Waals surface area contributed by atoms with Crippen molar-refractivity contribution in [2.75, 3.05) is 26.0 Å². The van der Waals surface area contributed by atoms with Crippen molar-refractivity contribution < 1.29 is 64.7 Å². The highest BCUT2D eigenvalue weighted by molar-refractivity contribution is 5.99. The van der Waals surface area contributed by atoms with Gasteiger partial charge in [-0.15, -0.1) is 0 Å². The summed E-state index contributed by atoms with van der Waals surface area (Å²) < 4.78 is 95.6. The van der Waals surface area contributed by atoms with E-state index in [2.05, 4.69) is 31.9 Å². The molecule has 3 unspecified atom stereocenters. The Hall–Kier alpha value is -7.08. The molecule has 84 heavy (non-hydrogen) atoms. The molecule has 0 bridgehead atoms. The van der Waals surface area contributed by atoms with Gasteiger partial charge in [0.05, 0.1) is 24.2 Å². The van der Waals surface area contributed by atoms with Crippen LogP contribution in [0.4, 0.5) is 32.0 Å². The van der Waals surface area contributed by atoms with Gasteiger partial charge in [-0.25, -0.2) is 0 Å². The van der Waals surface area contributed by atoms with Crippen molar-refractivity contribution in [2.24, 2.45) is 10.8 Å². The normalized spacial score (nSPS) is 21.5. The van der Waals surface area contributed by atoms with E-state index in [1.165, 1.54) is 24.9 Å². The Bertz CT molecular complexity index is 3000. The number of benzene rings is 3. The van der Waals surface area contributed by atoms with E-state index < -0.39 is 155 Å². The number of likely N-dealkylation sites (N-methyl/N-ethyl adjacent to an activating group) is 2. The van der Waals surface area contributed by atoms with E-state index in [4.69, 9.17) is 0 Å². The fraction of sp³-hybridized carbons (Fsp3) is 0.567. The van der Waals surface area contributed by atoms with E-state index in [1.807, 2.05) is 42.5 Å². The molecule has 7 rings (SSSR count). The minimum Gasteiger partial charge on any atom is -0.347 e. The zero-order valence-electron chi connectivity index (χ0n) is 49.0. The minimum atomic E-state index is -6.72. The van der Waals surface area contributed by atoms with Crippen LogP contribution in [0.2, 0.25) is 0 Å². The van der Waals surface area contributed by atoms with Crippen molar-refractivity contribution in [3.05, 3.63) is 100 Å². The summed E-state index contributed by atoms with van der Waals surface area (Å²) in [4.78, 5) is 113. The molecule has 0 spiro atoms. The maximum Gasteiger partial charge on any atom is 0.393 e. The summed E-state index contributed by atoms with van der Waals surface area (Å²) in [5, 5.41) is 20.2. The smallest absolute Gasteiger partial charge is 0.347 e. The van der Waals surface area contributed by atoms with Crippen LogP contribution in [0.1, 0.15) is 133 Å². The molecule has 2 aliphatic heterocycles. The SMILES string of the molecule is CN[C@@H](C)C(=O)NC(C(=O)N1Cc2cc(NC(=O)C(F)(F)C(F)(F)C(F)(F)C(=O)NC3C[C@@H](C(=O)NC4CCCc5ccccc54)N(C(=O)[C@@H](NC(=O)[C@H](C)NC)C(C)(C)C)C3)ccc2C[C@H]1C(=O)N[C@@H]1CCCc2ccccc21)C(C)(C)C. The molecule has 0 aromatic heterocycles. The van der Waals surface area contributed by atoms with Crippen LogP contribution in [0, 0.1) is 10.8 Å². The zero-order valence-corrected chi connectivity index (χ0v) is 49.0. The lowest BCUT2D eigenvalue weighted by atomic mass is 9.83. The summed E-state index contributed by atoms with van der Waals surface area (Å²) in [7, 11) is 3.05. The van der Waals surface area contributed by atoms with Gasteiger partial charge in [-0.1, -0.05) is 96.1 Å². The van der Waals surface area contributed by atoms with Gasteiger partial charge in [0.1, 0.15) is 24.2 Å². The Morgan fingerprint density at radius 3 is 1.51 bits per heavy atom. The molecule has 8 amide bonds. The van der Waals surface area contributed by atoms with Gasteiger partial charge in [0.2, 0.25) is 35.4 Å². The Labute approximate surface area is 485 Å². The molecular weight excluding hydrogens is 1100 g/mol. The lowest BCUT2D eigenvalue weighted by Gasteiger charge is -2.42. The second-order valence-corrected chi connectivity index (χ2v) is 24.7. The number of carbonyl (C=O) groups excluding carboxylic acids is 8. The minimum absolute atomic E-state index is 0.152. The molecule has 3 aromatic carbocycles.